The molecule has 0 spiro atoms. The number of nitrogens with zero attached hydrogens (tertiary/aromatic N) is 2. The number of thiophene rings is 1. The molecular formula is C16H13Cl2N3O2S. The lowest BCUT2D eigenvalue weighted by Gasteiger charge is -2.08. The Balaban J connectivity index is 1.87. The number of halogens is 2. The van der Waals surface area contributed by atoms with Crippen LogP contribution in [0.25, 0.3) is 10.2 Å². The zero-order chi connectivity index (χ0) is 17.4. The molecule has 0 bridgehead atoms. The fourth-order valence-corrected chi connectivity index (χ4v) is 3.88. The lowest BCUT2D eigenvalue weighted by Crippen LogP contribution is -2.27. The molecule has 124 valence electrons. The predicted octanol–water partition coefficient (Wildman–Crippen LogP) is 4.02. The highest BCUT2D eigenvalue weighted by Gasteiger charge is 2.14. The van der Waals surface area contributed by atoms with Gasteiger partial charge in [-0.15, -0.1) is 11.3 Å². The second-order valence-electron chi connectivity index (χ2n) is 5.35. The minimum absolute atomic E-state index is 0.139. The molecule has 24 heavy (non-hydrogen) atoms. The number of carbonyl (C=O) groups excluding carboxylic acids is 1. The fraction of sp³-hybridized carbons (Fsp3) is 0.188. The summed E-state index contributed by atoms with van der Waals surface area (Å²) in [6, 6.07) is 4.74. The number of amides is 1. The Hall–Kier alpha value is -1.89. The van der Waals surface area contributed by atoms with Crippen molar-refractivity contribution in [3.8, 4) is 0 Å². The third-order valence-electron chi connectivity index (χ3n) is 3.62. The van der Waals surface area contributed by atoms with E-state index in [2.05, 4.69) is 10.3 Å². The van der Waals surface area contributed by atoms with E-state index in [4.69, 9.17) is 23.2 Å². The van der Waals surface area contributed by atoms with Crippen molar-refractivity contribution >= 4 is 56.3 Å². The standard InChI is InChI=1S/C16H13Cl2N3O2S/c1-8-9(2)24-15-14(8)16(23)21(7-19-15)6-13(22)20-12-4-10(17)3-11(18)5-12/h3-5,7H,6H2,1-2H3,(H,20,22). The van der Waals surface area contributed by atoms with Gasteiger partial charge in [0.2, 0.25) is 5.91 Å². The first-order chi connectivity index (χ1) is 11.3. The maximum absolute atomic E-state index is 12.6. The van der Waals surface area contributed by atoms with Crippen molar-refractivity contribution in [2.45, 2.75) is 20.4 Å². The van der Waals surface area contributed by atoms with Crippen LogP contribution in [0.15, 0.2) is 29.3 Å². The second-order valence-corrected chi connectivity index (χ2v) is 7.42. The van der Waals surface area contributed by atoms with Crippen LogP contribution in [0.1, 0.15) is 10.4 Å². The number of aromatic nitrogens is 2. The Morgan fingerprint density at radius 2 is 1.92 bits per heavy atom. The largest absolute Gasteiger partial charge is 0.324 e. The van der Waals surface area contributed by atoms with E-state index in [0.717, 1.165) is 10.4 Å². The minimum Gasteiger partial charge on any atom is -0.324 e. The summed E-state index contributed by atoms with van der Waals surface area (Å²) >= 11 is 13.3. The van der Waals surface area contributed by atoms with Crippen molar-refractivity contribution in [3.63, 3.8) is 0 Å². The van der Waals surface area contributed by atoms with Crippen LogP contribution in [0.5, 0.6) is 0 Å². The number of nitrogens with one attached hydrogen (secondary N) is 1. The van der Waals surface area contributed by atoms with Crippen molar-refractivity contribution in [2.24, 2.45) is 0 Å². The zero-order valence-electron chi connectivity index (χ0n) is 12.9. The molecule has 3 rings (SSSR count). The maximum atomic E-state index is 12.6. The normalized spacial score (nSPS) is 11.0. The average molecular weight is 382 g/mol. The quantitative estimate of drug-likeness (QED) is 0.744. The Kier molecular flexibility index (Phi) is 4.62. The molecule has 2 aromatic heterocycles. The Labute approximate surface area is 151 Å². The summed E-state index contributed by atoms with van der Waals surface area (Å²) in [7, 11) is 0. The molecular weight excluding hydrogens is 369 g/mol. The van der Waals surface area contributed by atoms with Crippen LogP contribution in [0, 0.1) is 13.8 Å². The van der Waals surface area contributed by atoms with Crippen LogP contribution in [-0.4, -0.2) is 15.5 Å². The number of fused-ring (bicyclic) bond motifs is 1. The molecule has 1 aromatic carbocycles. The summed E-state index contributed by atoms with van der Waals surface area (Å²) in [4.78, 5) is 30.8. The first-order valence-electron chi connectivity index (χ1n) is 7.06. The molecule has 0 unspecified atom stereocenters. The molecule has 2 heterocycles. The van der Waals surface area contributed by atoms with Gasteiger partial charge in [-0.1, -0.05) is 23.2 Å². The molecule has 0 aliphatic heterocycles. The van der Waals surface area contributed by atoms with Gasteiger partial charge in [-0.2, -0.15) is 0 Å². The van der Waals surface area contributed by atoms with E-state index < -0.39 is 0 Å². The smallest absolute Gasteiger partial charge is 0.262 e. The Morgan fingerprint density at radius 1 is 1.25 bits per heavy atom. The SMILES string of the molecule is Cc1sc2ncn(CC(=O)Nc3cc(Cl)cc(Cl)c3)c(=O)c2c1C. The minimum atomic E-state index is -0.360. The number of aryl methyl sites for hydroxylation is 2. The van der Waals surface area contributed by atoms with Crippen LogP contribution < -0.4 is 10.9 Å². The predicted molar refractivity (Wildman–Crippen MR) is 98.4 cm³/mol. The summed E-state index contributed by atoms with van der Waals surface area (Å²) in [6.45, 7) is 3.69. The average Bonchev–Trinajstić information content (AvgIpc) is 2.76. The monoisotopic (exact) mass is 381 g/mol. The highest BCUT2D eigenvalue weighted by atomic mass is 35.5. The number of hydrogen-bond acceptors (Lipinski definition) is 4. The third kappa shape index (κ3) is 3.31. The Bertz CT molecular complexity index is 990. The lowest BCUT2D eigenvalue weighted by atomic mass is 10.2. The molecule has 3 aromatic rings. The Morgan fingerprint density at radius 3 is 2.58 bits per heavy atom. The maximum Gasteiger partial charge on any atom is 0.262 e. The van der Waals surface area contributed by atoms with Crippen LogP contribution in [0.2, 0.25) is 10.0 Å². The van der Waals surface area contributed by atoms with Gasteiger partial charge in [0.25, 0.3) is 5.56 Å². The molecule has 0 radical (unpaired) electrons. The van der Waals surface area contributed by atoms with Gasteiger partial charge in [-0.05, 0) is 37.6 Å². The van der Waals surface area contributed by atoms with Crippen molar-refractivity contribution < 1.29 is 4.79 Å². The third-order valence-corrected chi connectivity index (χ3v) is 5.17. The van der Waals surface area contributed by atoms with Gasteiger partial charge < -0.3 is 5.32 Å². The van der Waals surface area contributed by atoms with Crippen LogP contribution in [-0.2, 0) is 11.3 Å². The van der Waals surface area contributed by atoms with Gasteiger partial charge in [0, 0.05) is 20.6 Å². The van der Waals surface area contributed by atoms with Crippen molar-refractivity contribution in [1.29, 1.82) is 0 Å². The van der Waals surface area contributed by atoms with Crippen molar-refractivity contribution in [2.75, 3.05) is 5.32 Å². The summed E-state index contributed by atoms with van der Waals surface area (Å²) in [5.74, 6) is -0.360. The zero-order valence-corrected chi connectivity index (χ0v) is 15.2. The van der Waals surface area contributed by atoms with Crippen LogP contribution >= 0.6 is 34.5 Å². The highest BCUT2D eigenvalue weighted by Crippen LogP contribution is 2.25. The van der Waals surface area contributed by atoms with Gasteiger partial charge in [-0.25, -0.2) is 4.98 Å². The fourth-order valence-electron chi connectivity index (χ4n) is 2.36. The molecule has 1 N–H and O–H groups in total. The number of rotatable bonds is 3. The summed E-state index contributed by atoms with van der Waals surface area (Å²) in [5, 5.41) is 4.08. The molecule has 0 aliphatic rings. The van der Waals surface area contributed by atoms with E-state index in [1.165, 1.54) is 22.2 Å². The molecule has 5 nitrogen and oxygen atoms in total. The van der Waals surface area contributed by atoms with Gasteiger partial charge >= 0.3 is 0 Å². The van der Waals surface area contributed by atoms with E-state index in [1.54, 1.807) is 18.2 Å². The first-order valence-corrected chi connectivity index (χ1v) is 8.63. The number of anilines is 1. The highest BCUT2D eigenvalue weighted by molar-refractivity contribution is 7.18. The van der Waals surface area contributed by atoms with Gasteiger partial charge in [0.1, 0.15) is 11.4 Å². The summed E-state index contributed by atoms with van der Waals surface area (Å²) in [5.41, 5.74) is 1.16. The van der Waals surface area contributed by atoms with Crippen molar-refractivity contribution in [1.82, 2.24) is 9.55 Å². The van der Waals surface area contributed by atoms with E-state index in [9.17, 15) is 9.59 Å². The van der Waals surface area contributed by atoms with E-state index in [0.29, 0.717) is 25.9 Å². The summed E-state index contributed by atoms with van der Waals surface area (Å²) < 4.78 is 1.29. The van der Waals surface area contributed by atoms with Crippen LogP contribution in [0.3, 0.4) is 0 Å². The van der Waals surface area contributed by atoms with E-state index in [-0.39, 0.29) is 18.0 Å². The second kappa shape index (κ2) is 6.55. The molecule has 0 fully saturated rings. The van der Waals surface area contributed by atoms with E-state index >= 15 is 0 Å². The molecule has 1 amide bonds. The van der Waals surface area contributed by atoms with Crippen molar-refractivity contribution in [3.05, 3.63) is 55.4 Å². The molecule has 8 heteroatoms. The molecule has 0 atom stereocenters. The molecule has 0 aliphatic carbocycles. The number of hydrogen-bond donors (Lipinski definition) is 1. The molecule has 0 saturated carbocycles. The topological polar surface area (TPSA) is 64.0 Å². The van der Waals surface area contributed by atoms with Crippen LogP contribution in [0.4, 0.5) is 5.69 Å². The van der Waals surface area contributed by atoms with Gasteiger partial charge in [0.15, 0.2) is 0 Å². The number of carbonyl (C=O) groups is 1. The molecule has 0 saturated heterocycles. The lowest BCUT2D eigenvalue weighted by molar-refractivity contribution is -0.116. The summed E-state index contributed by atoms with van der Waals surface area (Å²) in [6.07, 6.45) is 1.39. The van der Waals surface area contributed by atoms with E-state index in [1.807, 2.05) is 13.8 Å². The van der Waals surface area contributed by atoms with Gasteiger partial charge in [0.05, 0.1) is 11.7 Å². The first kappa shape index (κ1) is 17.0. The number of benzene rings is 1. The van der Waals surface area contributed by atoms with Gasteiger partial charge in [-0.3, -0.25) is 14.2 Å².